The fourth-order valence-corrected chi connectivity index (χ4v) is 1.67. The van der Waals surface area contributed by atoms with Gasteiger partial charge in [0.05, 0.1) is 14.2 Å². The van der Waals surface area contributed by atoms with Crippen LogP contribution >= 0.6 is 0 Å². The van der Waals surface area contributed by atoms with Crippen molar-refractivity contribution in [3.8, 4) is 22.6 Å². The van der Waals surface area contributed by atoms with E-state index < -0.39 is 0 Å². The van der Waals surface area contributed by atoms with E-state index in [1.54, 1.807) is 32.4 Å². The fraction of sp³-hybridized carbons (Fsp3) is 0.143. The summed E-state index contributed by atoms with van der Waals surface area (Å²) in [4.78, 5) is 0. The van der Waals surface area contributed by atoms with E-state index >= 15 is 0 Å². The Bertz CT molecular complexity index is 506. The van der Waals surface area contributed by atoms with Crippen molar-refractivity contribution < 1.29 is 13.9 Å². The second-order valence-electron chi connectivity index (χ2n) is 3.57. The molecule has 0 aliphatic carbocycles. The number of benzene rings is 2. The second kappa shape index (κ2) is 4.87. The van der Waals surface area contributed by atoms with E-state index in [4.69, 9.17) is 9.47 Å². The van der Waals surface area contributed by atoms with Crippen LogP contribution in [0.1, 0.15) is 0 Å². The molecule has 3 heteroatoms. The molecule has 88 valence electrons. The Balaban J connectivity index is 2.47. The monoisotopic (exact) mass is 232 g/mol. The summed E-state index contributed by atoms with van der Waals surface area (Å²) >= 11 is 0. The first kappa shape index (κ1) is 11.5. The van der Waals surface area contributed by atoms with Crippen LogP contribution in [0, 0.1) is 5.82 Å². The lowest BCUT2D eigenvalue weighted by molar-refractivity contribution is 0.395. The lowest BCUT2D eigenvalue weighted by Crippen LogP contribution is -1.90. The topological polar surface area (TPSA) is 18.5 Å². The minimum Gasteiger partial charge on any atom is -0.497 e. The van der Waals surface area contributed by atoms with Gasteiger partial charge >= 0.3 is 0 Å². The Morgan fingerprint density at radius 1 is 0.882 bits per heavy atom. The summed E-state index contributed by atoms with van der Waals surface area (Å²) in [6.07, 6.45) is 0. The molecule has 0 amide bonds. The molecule has 2 aromatic carbocycles. The van der Waals surface area contributed by atoms with Gasteiger partial charge in [-0.05, 0) is 29.8 Å². The zero-order valence-corrected chi connectivity index (χ0v) is 9.74. The molecule has 0 saturated heterocycles. The summed E-state index contributed by atoms with van der Waals surface area (Å²) in [5.74, 6) is 1.19. The molecule has 0 atom stereocenters. The van der Waals surface area contributed by atoms with Crippen LogP contribution in [0.5, 0.6) is 11.5 Å². The van der Waals surface area contributed by atoms with Crippen molar-refractivity contribution in [2.75, 3.05) is 14.2 Å². The van der Waals surface area contributed by atoms with Crippen LogP contribution in [0.25, 0.3) is 11.1 Å². The first-order valence-electron chi connectivity index (χ1n) is 5.22. The summed E-state index contributed by atoms with van der Waals surface area (Å²) in [6.45, 7) is 0. The molecule has 0 spiro atoms. The smallest absolute Gasteiger partial charge is 0.130 e. The number of ether oxygens (including phenoxy) is 2. The number of halogens is 1. The maximum Gasteiger partial charge on any atom is 0.130 e. The van der Waals surface area contributed by atoms with E-state index in [1.165, 1.54) is 12.1 Å². The molecule has 0 saturated carbocycles. The van der Waals surface area contributed by atoms with Gasteiger partial charge in [0.1, 0.15) is 17.3 Å². The third kappa shape index (κ3) is 2.38. The van der Waals surface area contributed by atoms with Gasteiger partial charge in [-0.3, -0.25) is 0 Å². The summed E-state index contributed by atoms with van der Waals surface area (Å²) in [5, 5.41) is 0. The van der Waals surface area contributed by atoms with Crippen LogP contribution in [0.15, 0.2) is 42.5 Å². The highest BCUT2D eigenvalue weighted by Crippen LogP contribution is 2.33. The van der Waals surface area contributed by atoms with Gasteiger partial charge < -0.3 is 9.47 Å². The SMILES string of the molecule is COc1ccc(-c2ccc(F)cc2)c(OC)c1. The van der Waals surface area contributed by atoms with Crippen molar-refractivity contribution in [3.63, 3.8) is 0 Å². The van der Waals surface area contributed by atoms with Crippen LogP contribution in [0.2, 0.25) is 0 Å². The van der Waals surface area contributed by atoms with Gasteiger partial charge in [0.2, 0.25) is 0 Å². The predicted molar refractivity (Wildman–Crippen MR) is 64.9 cm³/mol. The largest absolute Gasteiger partial charge is 0.497 e. The average Bonchev–Trinajstić information content (AvgIpc) is 2.39. The first-order valence-corrected chi connectivity index (χ1v) is 5.22. The average molecular weight is 232 g/mol. The first-order chi connectivity index (χ1) is 8.24. The highest BCUT2D eigenvalue weighted by Gasteiger charge is 2.07. The molecule has 0 heterocycles. The summed E-state index contributed by atoms with van der Waals surface area (Å²) in [5.41, 5.74) is 1.82. The normalized spacial score (nSPS) is 10.1. The molecule has 0 radical (unpaired) electrons. The molecule has 0 bridgehead atoms. The molecule has 2 aromatic rings. The Kier molecular flexibility index (Phi) is 3.28. The molecule has 0 unspecified atom stereocenters. The zero-order valence-electron chi connectivity index (χ0n) is 9.74. The van der Waals surface area contributed by atoms with Crippen LogP contribution in [-0.4, -0.2) is 14.2 Å². The fourth-order valence-electron chi connectivity index (χ4n) is 1.67. The number of methoxy groups -OCH3 is 2. The molecule has 2 nitrogen and oxygen atoms in total. The van der Waals surface area contributed by atoms with Gasteiger partial charge in [-0.1, -0.05) is 12.1 Å². The quantitative estimate of drug-likeness (QED) is 0.806. The summed E-state index contributed by atoms with van der Waals surface area (Å²) in [6, 6.07) is 11.8. The number of hydrogen-bond donors (Lipinski definition) is 0. The van der Waals surface area contributed by atoms with Gasteiger partial charge in [-0.25, -0.2) is 4.39 Å². The minimum atomic E-state index is -0.249. The van der Waals surface area contributed by atoms with Crippen LogP contribution in [-0.2, 0) is 0 Å². The third-order valence-corrected chi connectivity index (χ3v) is 2.56. The van der Waals surface area contributed by atoms with Crippen molar-refractivity contribution in [1.29, 1.82) is 0 Å². The Labute approximate surface area is 99.6 Å². The summed E-state index contributed by atoms with van der Waals surface area (Å²) < 4.78 is 23.3. The third-order valence-electron chi connectivity index (χ3n) is 2.56. The van der Waals surface area contributed by atoms with E-state index in [9.17, 15) is 4.39 Å². The lowest BCUT2D eigenvalue weighted by atomic mass is 10.0. The summed E-state index contributed by atoms with van der Waals surface area (Å²) in [7, 11) is 3.20. The van der Waals surface area contributed by atoms with Crippen molar-refractivity contribution in [3.05, 3.63) is 48.3 Å². The highest BCUT2D eigenvalue weighted by molar-refractivity contribution is 5.71. The Morgan fingerprint density at radius 3 is 2.18 bits per heavy atom. The Hall–Kier alpha value is -2.03. The standard InChI is InChI=1S/C14H13FO2/c1-16-12-7-8-13(14(9-12)17-2)10-3-5-11(15)6-4-10/h3-9H,1-2H3. The Morgan fingerprint density at radius 2 is 1.59 bits per heavy atom. The molecule has 0 aliphatic heterocycles. The van der Waals surface area contributed by atoms with Gasteiger partial charge in [0.25, 0.3) is 0 Å². The molecular formula is C14H13FO2. The van der Waals surface area contributed by atoms with Crippen molar-refractivity contribution >= 4 is 0 Å². The van der Waals surface area contributed by atoms with Crippen LogP contribution < -0.4 is 9.47 Å². The van der Waals surface area contributed by atoms with Crippen molar-refractivity contribution in [2.24, 2.45) is 0 Å². The molecule has 0 fully saturated rings. The number of rotatable bonds is 3. The lowest BCUT2D eigenvalue weighted by Gasteiger charge is -2.10. The van der Waals surface area contributed by atoms with Crippen LogP contribution in [0.4, 0.5) is 4.39 Å². The van der Waals surface area contributed by atoms with E-state index in [0.717, 1.165) is 16.9 Å². The highest BCUT2D eigenvalue weighted by atomic mass is 19.1. The van der Waals surface area contributed by atoms with Crippen molar-refractivity contribution in [2.45, 2.75) is 0 Å². The molecular weight excluding hydrogens is 219 g/mol. The van der Waals surface area contributed by atoms with E-state index in [1.807, 2.05) is 12.1 Å². The molecule has 2 rings (SSSR count). The van der Waals surface area contributed by atoms with Crippen LogP contribution in [0.3, 0.4) is 0 Å². The molecule has 17 heavy (non-hydrogen) atoms. The number of hydrogen-bond acceptors (Lipinski definition) is 2. The molecule has 0 N–H and O–H groups in total. The van der Waals surface area contributed by atoms with E-state index in [2.05, 4.69) is 0 Å². The second-order valence-corrected chi connectivity index (χ2v) is 3.57. The van der Waals surface area contributed by atoms with Gasteiger partial charge in [0, 0.05) is 11.6 Å². The maximum atomic E-state index is 12.9. The van der Waals surface area contributed by atoms with Crippen molar-refractivity contribution in [1.82, 2.24) is 0 Å². The predicted octanol–water partition coefficient (Wildman–Crippen LogP) is 3.51. The van der Waals surface area contributed by atoms with Gasteiger partial charge in [-0.2, -0.15) is 0 Å². The van der Waals surface area contributed by atoms with Gasteiger partial charge in [-0.15, -0.1) is 0 Å². The maximum absolute atomic E-state index is 12.9. The minimum absolute atomic E-state index is 0.249. The van der Waals surface area contributed by atoms with Gasteiger partial charge in [0.15, 0.2) is 0 Å². The zero-order chi connectivity index (χ0) is 12.3. The molecule has 0 aromatic heterocycles. The van der Waals surface area contributed by atoms with E-state index in [0.29, 0.717) is 5.75 Å². The molecule has 0 aliphatic rings. The van der Waals surface area contributed by atoms with E-state index in [-0.39, 0.29) is 5.82 Å².